The lowest BCUT2D eigenvalue weighted by molar-refractivity contribution is -0.133. The predicted octanol–water partition coefficient (Wildman–Crippen LogP) is 2.56. The first-order valence-electron chi connectivity index (χ1n) is 7.41. The highest BCUT2D eigenvalue weighted by Gasteiger charge is 2.24. The molecule has 0 aliphatic carbocycles. The topological polar surface area (TPSA) is 80.0 Å². The monoisotopic (exact) mass is 352 g/mol. The lowest BCUT2D eigenvalue weighted by Gasteiger charge is -2.22. The lowest BCUT2D eigenvalue weighted by Crippen LogP contribution is -2.28. The van der Waals surface area contributed by atoms with Crippen LogP contribution in [0.15, 0.2) is 29.4 Å². The van der Waals surface area contributed by atoms with Gasteiger partial charge in [-0.15, -0.1) is 10.2 Å². The molecule has 1 saturated heterocycles. The summed E-state index contributed by atoms with van der Waals surface area (Å²) < 4.78 is 1.94. The number of halogens is 1. The zero-order valence-corrected chi connectivity index (χ0v) is 14.0. The van der Waals surface area contributed by atoms with Gasteiger partial charge in [-0.1, -0.05) is 29.4 Å². The lowest BCUT2D eigenvalue weighted by atomic mass is 9.97. The van der Waals surface area contributed by atoms with Gasteiger partial charge in [0.25, 0.3) is 0 Å². The molecule has 122 valence electrons. The number of aromatic nitrogens is 3. The molecular formula is C15H17ClN4O2S. The Kier molecular flexibility index (Phi) is 5.20. The molecule has 1 aromatic carbocycles. The standard InChI is InChI=1S/C15H17ClN4O2S/c16-11-2-1-3-12(8-11)20-14(10-4-6-17-7-5-10)18-19-15(20)23-9-13(21)22/h1-3,8,10,17H,4-7,9H2,(H,21,22). The van der Waals surface area contributed by atoms with Gasteiger partial charge in [0.15, 0.2) is 5.16 Å². The van der Waals surface area contributed by atoms with Crippen LogP contribution in [0.25, 0.3) is 5.69 Å². The van der Waals surface area contributed by atoms with Crippen molar-refractivity contribution in [1.82, 2.24) is 20.1 Å². The number of carboxylic acids is 1. The number of nitrogens with zero attached hydrogens (tertiary/aromatic N) is 3. The van der Waals surface area contributed by atoms with Gasteiger partial charge in [0.1, 0.15) is 5.82 Å². The number of carbonyl (C=O) groups is 1. The number of rotatable bonds is 5. The van der Waals surface area contributed by atoms with E-state index >= 15 is 0 Å². The number of aliphatic carboxylic acids is 1. The molecule has 0 saturated carbocycles. The fraction of sp³-hybridized carbons (Fsp3) is 0.400. The highest BCUT2D eigenvalue weighted by atomic mass is 35.5. The quantitative estimate of drug-likeness (QED) is 0.805. The summed E-state index contributed by atoms with van der Waals surface area (Å²) >= 11 is 7.29. The van der Waals surface area contributed by atoms with Crippen LogP contribution in [-0.4, -0.2) is 44.7 Å². The van der Waals surface area contributed by atoms with E-state index in [1.54, 1.807) is 0 Å². The number of piperidine rings is 1. The van der Waals surface area contributed by atoms with Crippen molar-refractivity contribution in [2.24, 2.45) is 0 Å². The smallest absolute Gasteiger partial charge is 0.313 e. The minimum Gasteiger partial charge on any atom is -0.481 e. The molecule has 0 radical (unpaired) electrons. The van der Waals surface area contributed by atoms with Crippen molar-refractivity contribution in [3.63, 3.8) is 0 Å². The average Bonchev–Trinajstić information content (AvgIpc) is 2.97. The molecular weight excluding hydrogens is 336 g/mol. The molecule has 1 fully saturated rings. The molecule has 2 aromatic rings. The number of nitrogens with one attached hydrogen (secondary N) is 1. The van der Waals surface area contributed by atoms with E-state index < -0.39 is 5.97 Å². The highest BCUT2D eigenvalue weighted by molar-refractivity contribution is 7.99. The molecule has 8 heteroatoms. The van der Waals surface area contributed by atoms with Crippen LogP contribution >= 0.6 is 23.4 Å². The van der Waals surface area contributed by atoms with Crippen LogP contribution in [0, 0.1) is 0 Å². The number of benzene rings is 1. The minimum absolute atomic E-state index is 0.0507. The molecule has 6 nitrogen and oxygen atoms in total. The molecule has 0 spiro atoms. The van der Waals surface area contributed by atoms with E-state index in [1.165, 1.54) is 11.8 Å². The molecule has 0 bridgehead atoms. The maximum Gasteiger partial charge on any atom is 0.313 e. The normalized spacial score (nSPS) is 15.7. The Balaban J connectivity index is 2.00. The molecule has 0 atom stereocenters. The van der Waals surface area contributed by atoms with Gasteiger partial charge in [-0.3, -0.25) is 9.36 Å². The zero-order valence-electron chi connectivity index (χ0n) is 12.4. The average molecular weight is 353 g/mol. The van der Waals surface area contributed by atoms with Crippen molar-refractivity contribution in [2.75, 3.05) is 18.8 Å². The maximum absolute atomic E-state index is 10.9. The van der Waals surface area contributed by atoms with Gasteiger partial charge in [0, 0.05) is 10.9 Å². The molecule has 3 rings (SSSR count). The number of hydrogen-bond acceptors (Lipinski definition) is 5. The van der Waals surface area contributed by atoms with Crippen molar-refractivity contribution in [2.45, 2.75) is 23.9 Å². The van der Waals surface area contributed by atoms with Gasteiger partial charge in [0.05, 0.1) is 11.4 Å². The molecule has 2 heterocycles. The number of hydrogen-bond donors (Lipinski definition) is 2. The van der Waals surface area contributed by atoms with Crippen LogP contribution in [0.2, 0.25) is 5.02 Å². The molecule has 0 unspecified atom stereocenters. The molecule has 1 aliphatic rings. The Labute approximate surface area is 143 Å². The van der Waals surface area contributed by atoms with Crippen molar-refractivity contribution >= 4 is 29.3 Å². The summed E-state index contributed by atoms with van der Waals surface area (Å²) in [5, 5.41) is 22.0. The van der Waals surface area contributed by atoms with Gasteiger partial charge in [-0.25, -0.2) is 0 Å². The van der Waals surface area contributed by atoms with E-state index in [1.807, 2.05) is 28.8 Å². The molecule has 1 aromatic heterocycles. The Morgan fingerprint density at radius 1 is 1.39 bits per heavy atom. The summed E-state index contributed by atoms with van der Waals surface area (Å²) in [7, 11) is 0. The fourth-order valence-electron chi connectivity index (χ4n) is 2.70. The molecule has 2 N–H and O–H groups in total. The van der Waals surface area contributed by atoms with E-state index in [2.05, 4.69) is 15.5 Å². The summed E-state index contributed by atoms with van der Waals surface area (Å²) in [5.41, 5.74) is 0.865. The van der Waals surface area contributed by atoms with E-state index in [0.29, 0.717) is 16.1 Å². The second-order valence-electron chi connectivity index (χ2n) is 5.36. The number of thioether (sulfide) groups is 1. The van der Waals surface area contributed by atoms with Crippen LogP contribution in [0.1, 0.15) is 24.6 Å². The summed E-state index contributed by atoms with van der Waals surface area (Å²) in [5.74, 6) is 0.257. The third-order valence-corrected chi connectivity index (χ3v) is 4.90. The second kappa shape index (κ2) is 7.33. The fourth-order valence-corrected chi connectivity index (χ4v) is 3.57. The van der Waals surface area contributed by atoms with Gasteiger partial charge in [-0.2, -0.15) is 0 Å². The van der Waals surface area contributed by atoms with E-state index in [-0.39, 0.29) is 5.75 Å². The third kappa shape index (κ3) is 3.85. The first-order chi connectivity index (χ1) is 11.1. The first kappa shape index (κ1) is 16.3. The van der Waals surface area contributed by atoms with Crippen molar-refractivity contribution in [1.29, 1.82) is 0 Å². The van der Waals surface area contributed by atoms with E-state index in [0.717, 1.165) is 37.4 Å². The Bertz CT molecular complexity index is 701. The van der Waals surface area contributed by atoms with E-state index in [9.17, 15) is 4.79 Å². The zero-order chi connectivity index (χ0) is 16.2. The third-order valence-electron chi connectivity index (χ3n) is 3.75. The van der Waals surface area contributed by atoms with Gasteiger partial charge < -0.3 is 10.4 Å². The van der Waals surface area contributed by atoms with Gasteiger partial charge in [0.2, 0.25) is 0 Å². The predicted molar refractivity (Wildman–Crippen MR) is 89.6 cm³/mol. The van der Waals surface area contributed by atoms with Crippen molar-refractivity contribution < 1.29 is 9.90 Å². The summed E-state index contributed by atoms with van der Waals surface area (Å²) in [6, 6.07) is 7.46. The van der Waals surface area contributed by atoms with Crippen LogP contribution in [-0.2, 0) is 4.79 Å². The Hall–Kier alpha value is -1.57. The largest absolute Gasteiger partial charge is 0.481 e. The first-order valence-corrected chi connectivity index (χ1v) is 8.78. The van der Waals surface area contributed by atoms with Crippen LogP contribution in [0.4, 0.5) is 0 Å². The van der Waals surface area contributed by atoms with Crippen LogP contribution in [0.5, 0.6) is 0 Å². The van der Waals surface area contributed by atoms with Crippen molar-refractivity contribution in [3.8, 4) is 5.69 Å². The maximum atomic E-state index is 10.9. The second-order valence-corrected chi connectivity index (χ2v) is 6.74. The van der Waals surface area contributed by atoms with Gasteiger partial charge >= 0.3 is 5.97 Å². The Morgan fingerprint density at radius 3 is 2.87 bits per heavy atom. The molecule has 1 aliphatic heterocycles. The summed E-state index contributed by atoms with van der Waals surface area (Å²) in [6.07, 6.45) is 1.98. The summed E-state index contributed by atoms with van der Waals surface area (Å²) in [6.45, 7) is 1.90. The van der Waals surface area contributed by atoms with Gasteiger partial charge in [-0.05, 0) is 44.1 Å². The van der Waals surface area contributed by atoms with Crippen molar-refractivity contribution in [3.05, 3.63) is 35.1 Å². The van der Waals surface area contributed by atoms with Crippen LogP contribution in [0.3, 0.4) is 0 Å². The molecule has 0 amide bonds. The summed E-state index contributed by atoms with van der Waals surface area (Å²) in [4.78, 5) is 10.9. The SMILES string of the molecule is O=C(O)CSc1nnc(C2CCNCC2)n1-c1cccc(Cl)c1. The minimum atomic E-state index is -0.876. The highest BCUT2D eigenvalue weighted by Crippen LogP contribution is 2.30. The van der Waals surface area contributed by atoms with Crippen LogP contribution < -0.4 is 5.32 Å². The number of carboxylic acid groups (broad SMARTS) is 1. The molecule has 23 heavy (non-hydrogen) atoms. The Morgan fingerprint density at radius 2 is 2.17 bits per heavy atom. The van der Waals surface area contributed by atoms with E-state index in [4.69, 9.17) is 16.7 Å².